The Hall–Kier alpha value is -1.55. The van der Waals surface area contributed by atoms with Gasteiger partial charge in [-0.2, -0.15) is 0 Å². The third-order valence-corrected chi connectivity index (χ3v) is 3.56. The average molecular weight is 277 g/mol. The maximum atomic E-state index is 11.6. The van der Waals surface area contributed by atoms with Crippen LogP contribution in [0.3, 0.4) is 0 Å². The number of carbonyl (C=O) groups is 1. The normalized spacial score (nSPS) is 15.3. The summed E-state index contributed by atoms with van der Waals surface area (Å²) in [6.45, 7) is 4.42. The first-order chi connectivity index (χ1) is 9.65. The van der Waals surface area contributed by atoms with Gasteiger partial charge in [0.1, 0.15) is 5.75 Å². The summed E-state index contributed by atoms with van der Waals surface area (Å²) in [6, 6.07) is 6.02. The summed E-state index contributed by atoms with van der Waals surface area (Å²) >= 11 is 0. The summed E-state index contributed by atoms with van der Waals surface area (Å²) in [5, 5.41) is 0. The molecule has 2 rings (SSSR count). The molecule has 0 atom stereocenters. The zero-order valence-electron chi connectivity index (χ0n) is 12.3. The third-order valence-electron chi connectivity index (χ3n) is 3.56. The molecule has 110 valence electrons. The monoisotopic (exact) mass is 277 g/mol. The van der Waals surface area contributed by atoms with Gasteiger partial charge in [0.05, 0.1) is 19.1 Å². The first kappa shape index (κ1) is 14.9. The van der Waals surface area contributed by atoms with Crippen molar-refractivity contribution in [1.82, 2.24) is 5.48 Å². The van der Waals surface area contributed by atoms with Gasteiger partial charge >= 0.3 is 0 Å². The van der Waals surface area contributed by atoms with Gasteiger partial charge in [-0.1, -0.05) is 30.5 Å². The molecule has 1 fully saturated rings. The maximum Gasteiger partial charge on any atom is 0.246 e. The number of carbonyl (C=O) groups excluding carboxylic acids is 1. The van der Waals surface area contributed by atoms with E-state index in [0.29, 0.717) is 13.0 Å². The fourth-order valence-electron chi connectivity index (χ4n) is 2.42. The van der Waals surface area contributed by atoms with Crippen LogP contribution < -0.4 is 10.2 Å². The lowest BCUT2D eigenvalue weighted by Crippen LogP contribution is -2.29. The van der Waals surface area contributed by atoms with Gasteiger partial charge in [-0.15, -0.1) is 0 Å². The van der Waals surface area contributed by atoms with Crippen LogP contribution in [-0.2, 0) is 9.63 Å². The van der Waals surface area contributed by atoms with Gasteiger partial charge in [0, 0.05) is 0 Å². The molecule has 0 radical (unpaired) electrons. The molecule has 1 aromatic rings. The van der Waals surface area contributed by atoms with Crippen LogP contribution in [0.1, 0.15) is 43.2 Å². The van der Waals surface area contributed by atoms with Gasteiger partial charge in [0.2, 0.25) is 5.91 Å². The van der Waals surface area contributed by atoms with Gasteiger partial charge < -0.3 is 4.74 Å². The Morgan fingerprint density at radius 2 is 2.05 bits per heavy atom. The molecule has 0 spiro atoms. The second kappa shape index (κ2) is 7.29. The number of rotatable bonds is 6. The zero-order chi connectivity index (χ0) is 14.4. The minimum atomic E-state index is -0.123. The Morgan fingerprint density at radius 1 is 1.30 bits per heavy atom. The largest absolute Gasteiger partial charge is 0.493 e. The van der Waals surface area contributed by atoms with E-state index in [-0.39, 0.29) is 12.0 Å². The average Bonchev–Trinajstić information content (AvgIpc) is 2.92. The predicted molar refractivity (Wildman–Crippen MR) is 77.5 cm³/mol. The van der Waals surface area contributed by atoms with E-state index in [1.165, 1.54) is 18.4 Å². The van der Waals surface area contributed by atoms with Crippen LogP contribution in [0.4, 0.5) is 0 Å². The summed E-state index contributed by atoms with van der Waals surface area (Å²) in [7, 11) is 0. The molecule has 0 aromatic heterocycles. The van der Waals surface area contributed by atoms with Crippen molar-refractivity contribution in [2.75, 3.05) is 6.61 Å². The number of hydroxylamine groups is 1. The molecule has 0 heterocycles. The highest BCUT2D eigenvalue weighted by atomic mass is 16.7. The number of amides is 1. The topological polar surface area (TPSA) is 47.6 Å². The van der Waals surface area contributed by atoms with Crippen molar-refractivity contribution < 1.29 is 14.4 Å². The minimum absolute atomic E-state index is 0.123. The second-order valence-electron chi connectivity index (χ2n) is 5.42. The van der Waals surface area contributed by atoms with Crippen LogP contribution >= 0.6 is 0 Å². The Kier molecular flexibility index (Phi) is 5.41. The summed E-state index contributed by atoms with van der Waals surface area (Å²) in [6.07, 6.45) is 4.96. The molecular weight excluding hydrogens is 254 g/mol. The molecular formula is C16H23NO3. The van der Waals surface area contributed by atoms with Crippen molar-refractivity contribution in [2.24, 2.45) is 0 Å². The van der Waals surface area contributed by atoms with Crippen molar-refractivity contribution in [3.63, 3.8) is 0 Å². The highest BCUT2D eigenvalue weighted by Crippen LogP contribution is 2.20. The Morgan fingerprint density at radius 3 is 2.75 bits per heavy atom. The van der Waals surface area contributed by atoms with Gasteiger partial charge in [-0.3, -0.25) is 9.63 Å². The molecule has 1 aliphatic rings. The van der Waals surface area contributed by atoms with Gasteiger partial charge in [-0.25, -0.2) is 5.48 Å². The molecule has 1 amide bonds. The zero-order valence-corrected chi connectivity index (χ0v) is 12.3. The second-order valence-corrected chi connectivity index (χ2v) is 5.42. The van der Waals surface area contributed by atoms with Crippen molar-refractivity contribution in [2.45, 2.75) is 52.1 Å². The number of nitrogens with one attached hydrogen (secondary N) is 1. The number of ether oxygens (including phenoxy) is 1. The number of hydrogen-bond donors (Lipinski definition) is 1. The van der Waals surface area contributed by atoms with Crippen LogP contribution in [0.5, 0.6) is 5.75 Å². The van der Waals surface area contributed by atoms with Crippen molar-refractivity contribution in [3.05, 3.63) is 29.3 Å². The molecule has 0 saturated heterocycles. The van der Waals surface area contributed by atoms with E-state index in [4.69, 9.17) is 9.57 Å². The summed E-state index contributed by atoms with van der Waals surface area (Å²) in [4.78, 5) is 17.0. The number of aryl methyl sites for hydroxylation is 2. The predicted octanol–water partition coefficient (Wildman–Crippen LogP) is 3.06. The standard InChI is InChI=1S/C16H23NO3/c1-12-7-8-15(13(2)11-12)19-10-9-16(18)17-20-14-5-3-4-6-14/h7-8,11,14H,3-6,9-10H2,1-2H3,(H,17,18). The van der Waals surface area contributed by atoms with E-state index in [0.717, 1.165) is 24.2 Å². The Bertz CT molecular complexity index is 453. The van der Waals surface area contributed by atoms with E-state index in [2.05, 4.69) is 11.5 Å². The maximum absolute atomic E-state index is 11.6. The lowest BCUT2D eigenvalue weighted by Gasteiger charge is -2.12. The molecule has 0 bridgehead atoms. The summed E-state index contributed by atoms with van der Waals surface area (Å²) < 4.78 is 5.62. The minimum Gasteiger partial charge on any atom is -0.493 e. The first-order valence-electron chi connectivity index (χ1n) is 7.29. The fourth-order valence-corrected chi connectivity index (χ4v) is 2.42. The van der Waals surface area contributed by atoms with E-state index < -0.39 is 0 Å². The quantitative estimate of drug-likeness (QED) is 0.813. The first-order valence-corrected chi connectivity index (χ1v) is 7.29. The summed E-state index contributed by atoms with van der Waals surface area (Å²) in [5.74, 6) is 0.710. The van der Waals surface area contributed by atoms with E-state index >= 15 is 0 Å². The van der Waals surface area contributed by atoms with Crippen LogP contribution in [0, 0.1) is 13.8 Å². The Labute approximate surface area is 120 Å². The molecule has 1 N–H and O–H groups in total. The van der Waals surface area contributed by atoms with Crippen LogP contribution in [0.15, 0.2) is 18.2 Å². The molecule has 1 aliphatic carbocycles. The SMILES string of the molecule is Cc1ccc(OCCC(=O)NOC2CCCC2)c(C)c1. The van der Waals surface area contributed by atoms with E-state index in [9.17, 15) is 4.79 Å². The number of benzene rings is 1. The molecule has 0 aliphatic heterocycles. The van der Waals surface area contributed by atoms with Gasteiger partial charge in [0.15, 0.2) is 0 Å². The molecule has 20 heavy (non-hydrogen) atoms. The lowest BCUT2D eigenvalue weighted by atomic mass is 10.1. The molecule has 4 nitrogen and oxygen atoms in total. The fraction of sp³-hybridized carbons (Fsp3) is 0.562. The van der Waals surface area contributed by atoms with Gasteiger partial charge in [0.25, 0.3) is 0 Å². The van der Waals surface area contributed by atoms with Crippen molar-refractivity contribution in [1.29, 1.82) is 0 Å². The smallest absolute Gasteiger partial charge is 0.246 e. The van der Waals surface area contributed by atoms with Crippen LogP contribution in [0.25, 0.3) is 0 Å². The van der Waals surface area contributed by atoms with Crippen LogP contribution in [0.2, 0.25) is 0 Å². The van der Waals surface area contributed by atoms with Crippen LogP contribution in [-0.4, -0.2) is 18.6 Å². The number of hydrogen-bond acceptors (Lipinski definition) is 3. The summed E-state index contributed by atoms with van der Waals surface area (Å²) in [5.41, 5.74) is 4.81. The highest BCUT2D eigenvalue weighted by molar-refractivity contribution is 5.74. The van der Waals surface area contributed by atoms with Crippen molar-refractivity contribution >= 4 is 5.91 Å². The van der Waals surface area contributed by atoms with E-state index in [1.54, 1.807) is 0 Å². The molecule has 4 heteroatoms. The highest BCUT2D eigenvalue weighted by Gasteiger charge is 2.16. The van der Waals surface area contributed by atoms with Crippen molar-refractivity contribution in [3.8, 4) is 5.75 Å². The third kappa shape index (κ3) is 4.53. The van der Waals surface area contributed by atoms with Gasteiger partial charge in [-0.05, 0) is 38.3 Å². The molecule has 1 saturated carbocycles. The molecule has 0 unspecified atom stereocenters. The Balaban J connectivity index is 1.65. The lowest BCUT2D eigenvalue weighted by molar-refractivity contribution is -0.138. The molecule has 1 aromatic carbocycles. The van der Waals surface area contributed by atoms with E-state index in [1.807, 2.05) is 26.0 Å².